The Kier molecular flexibility index (Phi) is 5.38. The van der Waals surface area contributed by atoms with E-state index in [9.17, 15) is 4.79 Å². The summed E-state index contributed by atoms with van der Waals surface area (Å²) in [7, 11) is 0. The summed E-state index contributed by atoms with van der Waals surface area (Å²) in [6, 6.07) is 9.62. The molecule has 0 atom stereocenters. The molecule has 0 spiro atoms. The second-order valence-electron chi connectivity index (χ2n) is 6.84. The van der Waals surface area contributed by atoms with E-state index in [2.05, 4.69) is 41.1 Å². The van der Waals surface area contributed by atoms with Crippen molar-refractivity contribution in [1.29, 1.82) is 0 Å². The van der Waals surface area contributed by atoms with E-state index in [0.717, 1.165) is 53.6 Å². The Labute approximate surface area is 172 Å². The first kappa shape index (κ1) is 18.6. The number of nitrogens with zero attached hydrogens (tertiary/aromatic N) is 5. The van der Waals surface area contributed by atoms with Crippen LogP contribution in [0.5, 0.6) is 0 Å². The van der Waals surface area contributed by atoms with Crippen molar-refractivity contribution < 1.29 is 4.79 Å². The summed E-state index contributed by atoms with van der Waals surface area (Å²) in [5.41, 5.74) is 0.826. The topological polar surface area (TPSA) is 75.9 Å². The normalized spacial score (nSPS) is 14.9. The van der Waals surface area contributed by atoms with Gasteiger partial charge in [-0.25, -0.2) is 15.0 Å². The number of rotatable bonds is 4. The largest absolute Gasteiger partial charge is 0.356 e. The number of aryl methyl sites for hydroxylation is 1. The summed E-state index contributed by atoms with van der Waals surface area (Å²) in [5.74, 6) is 2.66. The Morgan fingerprint density at radius 2 is 1.82 bits per heavy atom. The molecule has 0 aliphatic carbocycles. The Morgan fingerprint density at radius 3 is 2.50 bits per heavy atom. The molecule has 7 nitrogen and oxygen atoms in total. The lowest BCUT2D eigenvalue weighted by Gasteiger charge is -2.32. The number of piperidine rings is 1. The highest BCUT2D eigenvalue weighted by molar-refractivity contribution is 9.10. The summed E-state index contributed by atoms with van der Waals surface area (Å²) in [4.78, 5) is 27.8. The molecular formula is C20H21BrN6O. The number of hydrogen-bond donors (Lipinski definition) is 1. The van der Waals surface area contributed by atoms with Gasteiger partial charge < -0.3 is 10.2 Å². The van der Waals surface area contributed by atoms with Crippen LogP contribution in [-0.2, 0) is 4.79 Å². The van der Waals surface area contributed by atoms with Gasteiger partial charge >= 0.3 is 0 Å². The smallest absolute Gasteiger partial charge is 0.227 e. The van der Waals surface area contributed by atoms with Gasteiger partial charge in [-0.15, -0.1) is 0 Å². The minimum absolute atomic E-state index is 0.0112. The number of hydrogen-bond acceptors (Lipinski definition) is 5. The van der Waals surface area contributed by atoms with E-state index in [4.69, 9.17) is 0 Å². The molecule has 144 valence electrons. The fourth-order valence-corrected chi connectivity index (χ4v) is 3.67. The minimum atomic E-state index is 0.0112. The van der Waals surface area contributed by atoms with Gasteiger partial charge in [0.25, 0.3) is 0 Å². The molecule has 1 amide bonds. The summed E-state index contributed by atoms with van der Waals surface area (Å²) in [6.07, 6.45) is 6.82. The lowest BCUT2D eigenvalue weighted by molar-refractivity contribution is -0.120. The van der Waals surface area contributed by atoms with Crippen molar-refractivity contribution in [2.45, 2.75) is 19.8 Å². The molecule has 8 heteroatoms. The van der Waals surface area contributed by atoms with Gasteiger partial charge in [-0.1, -0.05) is 15.9 Å². The summed E-state index contributed by atoms with van der Waals surface area (Å²) in [6.45, 7) is 3.52. The number of benzene rings is 1. The van der Waals surface area contributed by atoms with E-state index in [1.54, 1.807) is 12.5 Å². The van der Waals surface area contributed by atoms with Crippen LogP contribution in [0.25, 0.3) is 5.82 Å². The van der Waals surface area contributed by atoms with E-state index in [1.807, 2.05) is 48.0 Å². The number of carbonyl (C=O) groups is 1. The SMILES string of the molecule is Cc1nccn1-c1cc(N2CCC(C(=O)Nc3ccc(Br)cc3)CC2)ncn1. The highest BCUT2D eigenvalue weighted by atomic mass is 79.9. The number of nitrogens with one attached hydrogen (secondary N) is 1. The molecule has 0 radical (unpaired) electrons. The van der Waals surface area contributed by atoms with Gasteiger partial charge in [0.05, 0.1) is 0 Å². The van der Waals surface area contributed by atoms with E-state index in [1.165, 1.54) is 0 Å². The van der Waals surface area contributed by atoms with Crippen LogP contribution < -0.4 is 10.2 Å². The fraction of sp³-hybridized carbons (Fsp3) is 0.300. The maximum absolute atomic E-state index is 12.6. The van der Waals surface area contributed by atoms with Gasteiger partial charge in [-0.2, -0.15) is 0 Å². The number of amides is 1. The van der Waals surface area contributed by atoms with Crippen LogP contribution >= 0.6 is 15.9 Å². The van der Waals surface area contributed by atoms with Crippen LogP contribution in [0.15, 0.2) is 53.5 Å². The highest BCUT2D eigenvalue weighted by Gasteiger charge is 2.26. The first-order chi connectivity index (χ1) is 13.6. The number of anilines is 2. The predicted octanol–water partition coefficient (Wildman–Crippen LogP) is 3.59. The van der Waals surface area contributed by atoms with Gasteiger partial charge in [0.15, 0.2) is 0 Å². The molecule has 1 fully saturated rings. The van der Waals surface area contributed by atoms with Crippen molar-refractivity contribution in [1.82, 2.24) is 19.5 Å². The first-order valence-corrected chi connectivity index (χ1v) is 10.0. The summed E-state index contributed by atoms with van der Waals surface area (Å²) < 4.78 is 2.93. The van der Waals surface area contributed by atoms with Crippen LogP contribution in [0.3, 0.4) is 0 Å². The third kappa shape index (κ3) is 4.06. The summed E-state index contributed by atoms with van der Waals surface area (Å²) >= 11 is 3.40. The van der Waals surface area contributed by atoms with E-state index < -0.39 is 0 Å². The van der Waals surface area contributed by atoms with Crippen LogP contribution in [0, 0.1) is 12.8 Å². The van der Waals surface area contributed by atoms with Crippen molar-refractivity contribution in [3.63, 3.8) is 0 Å². The average Bonchev–Trinajstić information content (AvgIpc) is 3.16. The van der Waals surface area contributed by atoms with Gasteiger partial charge in [0.1, 0.15) is 23.8 Å². The zero-order chi connectivity index (χ0) is 19.5. The Bertz CT molecular complexity index is 963. The van der Waals surface area contributed by atoms with Crippen LogP contribution in [0.1, 0.15) is 18.7 Å². The molecule has 1 aliphatic rings. The van der Waals surface area contributed by atoms with Crippen molar-refractivity contribution in [2.75, 3.05) is 23.3 Å². The molecular weight excluding hydrogens is 420 g/mol. The van der Waals surface area contributed by atoms with Gasteiger partial charge in [0.2, 0.25) is 5.91 Å². The summed E-state index contributed by atoms with van der Waals surface area (Å²) in [5, 5.41) is 3.01. The average molecular weight is 441 g/mol. The van der Waals surface area contributed by atoms with Crippen molar-refractivity contribution in [3.8, 4) is 5.82 Å². The molecule has 28 heavy (non-hydrogen) atoms. The molecule has 2 aromatic heterocycles. The maximum Gasteiger partial charge on any atom is 0.227 e. The molecule has 3 aromatic rings. The molecule has 0 saturated carbocycles. The second kappa shape index (κ2) is 8.10. The minimum Gasteiger partial charge on any atom is -0.356 e. The Hall–Kier alpha value is -2.74. The third-order valence-electron chi connectivity index (χ3n) is 5.01. The molecule has 4 rings (SSSR count). The standard InChI is InChI=1S/C20H21BrN6O/c1-14-22-8-11-27(14)19-12-18(23-13-24-19)26-9-6-15(7-10-26)20(28)25-17-4-2-16(21)3-5-17/h2-5,8,11-13,15H,6-7,9-10H2,1H3,(H,25,28). The van der Waals surface area contributed by atoms with E-state index in [-0.39, 0.29) is 11.8 Å². The quantitative estimate of drug-likeness (QED) is 0.670. The highest BCUT2D eigenvalue weighted by Crippen LogP contribution is 2.24. The third-order valence-corrected chi connectivity index (χ3v) is 5.54. The molecule has 3 heterocycles. The molecule has 1 aliphatic heterocycles. The van der Waals surface area contributed by atoms with Crippen molar-refractivity contribution in [3.05, 3.63) is 59.3 Å². The lowest BCUT2D eigenvalue weighted by Crippen LogP contribution is -2.38. The van der Waals surface area contributed by atoms with E-state index >= 15 is 0 Å². The zero-order valence-electron chi connectivity index (χ0n) is 15.5. The Morgan fingerprint density at radius 1 is 1.11 bits per heavy atom. The number of aromatic nitrogens is 4. The molecule has 1 aromatic carbocycles. The van der Waals surface area contributed by atoms with Gasteiger partial charge in [0, 0.05) is 47.6 Å². The van der Waals surface area contributed by atoms with Crippen molar-refractivity contribution in [2.24, 2.45) is 5.92 Å². The van der Waals surface area contributed by atoms with Crippen LogP contribution in [0.2, 0.25) is 0 Å². The molecule has 1 saturated heterocycles. The predicted molar refractivity (Wildman–Crippen MR) is 112 cm³/mol. The maximum atomic E-state index is 12.6. The van der Waals surface area contributed by atoms with Crippen molar-refractivity contribution >= 4 is 33.3 Å². The van der Waals surface area contributed by atoms with Gasteiger partial charge in [-0.3, -0.25) is 9.36 Å². The Balaban J connectivity index is 1.38. The number of halogens is 1. The van der Waals surface area contributed by atoms with E-state index in [0.29, 0.717) is 0 Å². The lowest BCUT2D eigenvalue weighted by atomic mass is 9.96. The molecule has 0 unspecified atom stereocenters. The zero-order valence-corrected chi connectivity index (χ0v) is 17.1. The number of carbonyl (C=O) groups excluding carboxylic acids is 1. The second-order valence-corrected chi connectivity index (χ2v) is 7.75. The van der Waals surface area contributed by atoms with Crippen LogP contribution in [-0.4, -0.2) is 38.5 Å². The monoisotopic (exact) mass is 440 g/mol. The van der Waals surface area contributed by atoms with Gasteiger partial charge in [-0.05, 0) is 44.0 Å². The molecule has 1 N–H and O–H groups in total. The fourth-order valence-electron chi connectivity index (χ4n) is 3.41. The first-order valence-electron chi connectivity index (χ1n) is 9.24. The number of imidazole rings is 1. The van der Waals surface area contributed by atoms with Crippen LogP contribution in [0.4, 0.5) is 11.5 Å². The molecule has 0 bridgehead atoms.